The fraction of sp³-hybridized carbons (Fsp3) is 0.939. The molecule has 0 saturated carbocycles. The molecular weight excluding hydrogens is 685 g/mol. The number of carbonyl (C=O) groups excluding carboxylic acids is 3. The summed E-state index contributed by atoms with van der Waals surface area (Å²) in [5.74, 6) is -0.0443. The maximum atomic E-state index is 12.7. The van der Waals surface area contributed by atoms with Crippen molar-refractivity contribution in [2.24, 2.45) is 5.92 Å². The van der Waals surface area contributed by atoms with Crippen molar-refractivity contribution >= 4 is 17.9 Å². The molecule has 0 aliphatic carbocycles. The van der Waals surface area contributed by atoms with Crippen LogP contribution in [0.1, 0.15) is 272 Å². The summed E-state index contributed by atoms with van der Waals surface area (Å²) in [4.78, 5) is 37.8. The van der Waals surface area contributed by atoms with Crippen LogP contribution in [0, 0.1) is 5.92 Å². The van der Waals surface area contributed by atoms with Gasteiger partial charge in [-0.1, -0.05) is 233 Å². The summed E-state index contributed by atoms with van der Waals surface area (Å²) in [6, 6.07) is 0. The summed E-state index contributed by atoms with van der Waals surface area (Å²) in [7, 11) is 0. The number of hydrogen-bond acceptors (Lipinski definition) is 6. The number of rotatable bonds is 44. The van der Waals surface area contributed by atoms with Gasteiger partial charge < -0.3 is 14.2 Å². The third-order valence-corrected chi connectivity index (χ3v) is 11.0. The molecule has 0 aromatic rings. The van der Waals surface area contributed by atoms with Gasteiger partial charge in [0.15, 0.2) is 6.10 Å². The minimum absolute atomic E-state index is 0.0634. The molecule has 0 radical (unpaired) electrons. The van der Waals surface area contributed by atoms with E-state index < -0.39 is 6.10 Å². The van der Waals surface area contributed by atoms with E-state index in [1.165, 1.54) is 167 Å². The zero-order valence-electron chi connectivity index (χ0n) is 37.4. The van der Waals surface area contributed by atoms with E-state index in [0.717, 1.165) is 63.7 Å². The van der Waals surface area contributed by atoms with Gasteiger partial charge in [0, 0.05) is 19.3 Å². The molecule has 0 aliphatic rings. The van der Waals surface area contributed by atoms with Crippen LogP contribution in [0.5, 0.6) is 0 Å². The third kappa shape index (κ3) is 43.4. The number of carbonyl (C=O) groups is 3. The second kappa shape index (κ2) is 43.5. The van der Waals surface area contributed by atoms with E-state index >= 15 is 0 Å². The second-order valence-electron chi connectivity index (χ2n) is 17.2. The lowest BCUT2D eigenvalue weighted by atomic mass is 10.0. The summed E-state index contributed by atoms with van der Waals surface area (Å²) in [5.41, 5.74) is 0. The summed E-state index contributed by atoms with van der Waals surface area (Å²) < 4.78 is 16.8. The number of hydrogen-bond donors (Lipinski definition) is 0. The Hall–Kier alpha value is -1.59. The van der Waals surface area contributed by atoms with E-state index in [1.54, 1.807) is 0 Å². The molecule has 0 aliphatic heterocycles. The minimum atomic E-state index is -0.759. The predicted octanol–water partition coefficient (Wildman–Crippen LogP) is 15.5. The molecule has 1 atom stereocenters. The molecule has 326 valence electrons. The van der Waals surface area contributed by atoms with Crippen molar-refractivity contribution in [2.75, 3.05) is 13.2 Å². The van der Waals surface area contributed by atoms with Crippen molar-refractivity contribution in [3.8, 4) is 0 Å². The number of ether oxygens (including phenoxy) is 3. The van der Waals surface area contributed by atoms with E-state index in [0.29, 0.717) is 19.3 Å². The van der Waals surface area contributed by atoms with Gasteiger partial charge in [-0.2, -0.15) is 0 Å². The molecule has 0 rings (SSSR count). The molecule has 0 spiro atoms. The first-order valence-electron chi connectivity index (χ1n) is 24.4. The first-order valence-corrected chi connectivity index (χ1v) is 24.4. The highest BCUT2D eigenvalue weighted by Gasteiger charge is 2.19. The van der Waals surface area contributed by atoms with Crippen LogP contribution in [0.2, 0.25) is 0 Å². The van der Waals surface area contributed by atoms with Crippen LogP contribution in [0.3, 0.4) is 0 Å². The van der Waals surface area contributed by atoms with Crippen LogP contribution in [0.15, 0.2) is 0 Å². The molecule has 55 heavy (non-hydrogen) atoms. The number of unbranched alkanes of at least 4 members (excludes halogenated alkanes) is 31. The van der Waals surface area contributed by atoms with Crippen molar-refractivity contribution in [2.45, 2.75) is 278 Å². The summed E-state index contributed by atoms with van der Waals surface area (Å²) in [6.07, 6.45) is 43.7. The maximum absolute atomic E-state index is 12.7. The lowest BCUT2D eigenvalue weighted by Crippen LogP contribution is -2.30. The molecular formula is C49H94O6. The fourth-order valence-corrected chi connectivity index (χ4v) is 7.33. The molecule has 0 unspecified atom stereocenters. The zero-order valence-corrected chi connectivity index (χ0v) is 37.4. The monoisotopic (exact) mass is 779 g/mol. The molecule has 0 saturated heterocycles. The highest BCUT2D eigenvalue weighted by molar-refractivity contribution is 5.71. The second-order valence-corrected chi connectivity index (χ2v) is 17.2. The van der Waals surface area contributed by atoms with Crippen molar-refractivity contribution in [1.82, 2.24) is 0 Å². The van der Waals surface area contributed by atoms with Crippen molar-refractivity contribution in [3.05, 3.63) is 0 Å². The Balaban J connectivity index is 4.31. The largest absolute Gasteiger partial charge is 0.462 e. The quantitative estimate of drug-likeness (QED) is 0.0348. The zero-order chi connectivity index (χ0) is 40.3. The topological polar surface area (TPSA) is 78.9 Å². The molecule has 6 nitrogen and oxygen atoms in total. The first kappa shape index (κ1) is 53.4. The molecule has 0 N–H and O–H groups in total. The standard InChI is InChI=1S/C49H94O6/c1-5-7-9-11-13-15-17-18-19-21-25-29-33-37-41-48(51)54-44-46(43-53-47(50)40-36-32-28-24-20-16-14-12-10-8-6-2)55-49(52)42-38-34-30-26-22-23-27-31-35-39-45(3)4/h45-46H,5-44H2,1-4H3/t46-/m1/s1. The van der Waals surface area contributed by atoms with E-state index in [-0.39, 0.29) is 31.1 Å². The predicted molar refractivity (Wildman–Crippen MR) is 233 cm³/mol. The van der Waals surface area contributed by atoms with Crippen molar-refractivity contribution in [1.29, 1.82) is 0 Å². The third-order valence-electron chi connectivity index (χ3n) is 11.0. The normalized spacial score (nSPS) is 11.9. The highest BCUT2D eigenvalue weighted by atomic mass is 16.6. The summed E-state index contributed by atoms with van der Waals surface area (Å²) in [6.45, 7) is 8.98. The van der Waals surface area contributed by atoms with Gasteiger partial charge in [-0.05, 0) is 25.2 Å². The van der Waals surface area contributed by atoms with Crippen LogP contribution in [0.4, 0.5) is 0 Å². The molecule has 0 fully saturated rings. The van der Waals surface area contributed by atoms with Gasteiger partial charge in [-0.15, -0.1) is 0 Å². The Labute approximate surface area is 342 Å². The van der Waals surface area contributed by atoms with Crippen molar-refractivity contribution < 1.29 is 28.6 Å². The molecule has 0 heterocycles. The average molecular weight is 779 g/mol. The smallest absolute Gasteiger partial charge is 0.306 e. The van der Waals surface area contributed by atoms with E-state index in [4.69, 9.17) is 14.2 Å². The maximum Gasteiger partial charge on any atom is 0.306 e. The average Bonchev–Trinajstić information content (AvgIpc) is 3.17. The Bertz CT molecular complexity index is 826. The van der Waals surface area contributed by atoms with Crippen LogP contribution >= 0.6 is 0 Å². The van der Waals surface area contributed by atoms with Gasteiger partial charge in [-0.25, -0.2) is 0 Å². The first-order chi connectivity index (χ1) is 26.9. The van der Waals surface area contributed by atoms with Crippen LogP contribution in [0.25, 0.3) is 0 Å². The number of esters is 3. The minimum Gasteiger partial charge on any atom is -0.462 e. The SMILES string of the molecule is CCCCCCCCCCCCCCCCC(=O)OC[C@@H](COC(=O)CCCCCCCCCCCCC)OC(=O)CCCCCCCCCCCC(C)C. The molecule has 6 heteroatoms. The van der Waals surface area contributed by atoms with Gasteiger partial charge >= 0.3 is 17.9 Å². The molecule has 0 aromatic heterocycles. The van der Waals surface area contributed by atoms with Crippen LogP contribution in [-0.4, -0.2) is 37.2 Å². The van der Waals surface area contributed by atoms with E-state index in [1.807, 2.05) is 0 Å². The summed E-state index contributed by atoms with van der Waals surface area (Å²) in [5, 5.41) is 0. The van der Waals surface area contributed by atoms with Gasteiger partial charge in [0.2, 0.25) is 0 Å². The van der Waals surface area contributed by atoms with Gasteiger partial charge in [-0.3, -0.25) is 14.4 Å². The van der Waals surface area contributed by atoms with Gasteiger partial charge in [0.05, 0.1) is 0 Å². The summed E-state index contributed by atoms with van der Waals surface area (Å²) >= 11 is 0. The molecule has 0 amide bonds. The van der Waals surface area contributed by atoms with Crippen LogP contribution < -0.4 is 0 Å². The van der Waals surface area contributed by atoms with Gasteiger partial charge in [0.25, 0.3) is 0 Å². The Kier molecular flexibility index (Phi) is 42.3. The fourth-order valence-electron chi connectivity index (χ4n) is 7.33. The van der Waals surface area contributed by atoms with Gasteiger partial charge in [0.1, 0.15) is 13.2 Å². The lowest BCUT2D eigenvalue weighted by Gasteiger charge is -2.18. The van der Waals surface area contributed by atoms with Crippen molar-refractivity contribution in [3.63, 3.8) is 0 Å². The Morgan fingerprint density at radius 1 is 0.345 bits per heavy atom. The molecule has 0 bridgehead atoms. The Morgan fingerprint density at radius 2 is 0.600 bits per heavy atom. The van der Waals surface area contributed by atoms with E-state index in [9.17, 15) is 14.4 Å². The molecule has 0 aromatic carbocycles. The Morgan fingerprint density at radius 3 is 0.891 bits per heavy atom. The van der Waals surface area contributed by atoms with Crippen LogP contribution in [-0.2, 0) is 28.6 Å². The highest BCUT2D eigenvalue weighted by Crippen LogP contribution is 2.16. The van der Waals surface area contributed by atoms with E-state index in [2.05, 4.69) is 27.7 Å². The lowest BCUT2D eigenvalue weighted by molar-refractivity contribution is -0.167.